The molecule has 0 N–H and O–H groups in total. The van der Waals surface area contributed by atoms with Crippen molar-refractivity contribution in [3.05, 3.63) is 0 Å². The third-order valence-corrected chi connectivity index (χ3v) is 3.54. The predicted molar refractivity (Wildman–Crippen MR) is 62.1 cm³/mol. The Balaban J connectivity index is 1.85. The first kappa shape index (κ1) is 11.8. The zero-order valence-electron chi connectivity index (χ0n) is 10.1. The molecule has 0 aromatic carbocycles. The van der Waals surface area contributed by atoms with Crippen LogP contribution in [-0.2, 0) is 4.74 Å². The smallest absolute Gasteiger partial charge is 0.0978 e. The second-order valence-corrected chi connectivity index (χ2v) is 4.89. The van der Waals surface area contributed by atoms with Crippen molar-refractivity contribution in [3.8, 4) is 6.07 Å². The van der Waals surface area contributed by atoms with Gasteiger partial charge in [-0.25, -0.2) is 0 Å². The molecule has 0 radical (unpaired) electrons. The Labute approximate surface area is 97.8 Å². The molecule has 0 aliphatic carbocycles. The zero-order chi connectivity index (χ0) is 11.4. The summed E-state index contributed by atoms with van der Waals surface area (Å²) < 4.78 is 5.75. The summed E-state index contributed by atoms with van der Waals surface area (Å²) in [5.74, 6) is 0. The van der Waals surface area contributed by atoms with Gasteiger partial charge in [0.05, 0.1) is 24.8 Å². The molecule has 2 saturated heterocycles. The van der Waals surface area contributed by atoms with Gasteiger partial charge in [0.2, 0.25) is 0 Å². The number of hydrogen-bond donors (Lipinski definition) is 0. The summed E-state index contributed by atoms with van der Waals surface area (Å²) in [5, 5.41) is 9.10. The number of piperidine rings is 1. The Kier molecular flexibility index (Phi) is 4.16. The molecule has 0 bridgehead atoms. The van der Waals surface area contributed by atoms with E-state index < -0.39 is 0 Å². The lowest BCUT2D eigenvalue weighted by molar-refractivity contribution is -0.0415. The van der Waals surface area contributed by atoms with Crippen LogP contribution in [0, 0.1) is 11.3 Å². The number of hydrogen-bond acceptors (Lipinski definition) is 4. The molecule has 0 amide bonds. The quantitative estimate of drug-likeness (QED) is 0.690. The van der Waals surface area contributed by atoms with Crippen LogP contribution in [0.5, 0.6) is 0 Å². The average molecular weight is 223 g/mol. The van der Waals surface area contributed by atoms with Crippen LogP contribution in [0.4, 0.5) is 0 Å². The van der Waals surface area contributed by atoms with Crippen molar-refractivity contribution in [2.45, 2.75) is 31.4 Å². The summed E-state index contributed by atoms with van der Waals surface area (Å²) in [6, 6.07) is 2.53. The minimum absolute atomic E-state index is 0.115. The number of morpholine rings is 1. The molecule has 0 saturated carbocycles. The molecule has 4 nitrogen and oxygen atoms in total. The first-order valence-electron chi connectivity index (χ1n) is 6.23. The third-order valence-electron chi connectivity index (χ3n) is 3.54. The molecule has 4 heteroatoms. The summed E-state index contributed by atoms with van der Waals surface area (Å²) >= 11 is 0. The van der Waals surface area contributed by atoms with Gasteiger partial charge in [-0.15, -0.1) is 0 Å². The lowest BCUT2D eigenvalue weighted by Crippen LogP contribution is -2.49. The normalized spacial score (nSPS) is 33.5. The number of likely N-dealkylation sites (N-methyl/N-ethyl adjacent to an activating group) is 1. The van der Waals surface area contributed by atoms with Crippen molar-refractivity contribution < 1.29 is 4.74 Å². The molecule has 2 atom stereocenters. The Bertz CT molecular complexity index is 263. The van der Waals surface area contributed by atoms with Crippen molar-refractivity contribution >= 4 is 0 Å². The molecule has 0 aromatic heterocycles. The fraction of sp³-hybridized carbons (Fsp3) is 0.917. The van der Waals surface area contributed by atoms with Crippen LogP contribution in [-0.4, -0.2) is 61.8 Å². The Morgan fingerprint density at radius 2 is 2.25 bits per heavy atom. The predicted octanol–water partition coefficient (Wildman–Crippen LogP) is 0.695. The first-order valence-corrected chi connectivity index (χ1v) is 6.23. The second-order valence-electron chi connectivity index (χ2n) is 4.89. The topological polar surface area (TPSA) is 39.5 Å². The van der Waals surface area contributed by atoms with E-state index >= 15 is 0 Å². The molecular weight excluding hydrogens is 202 g/mol. The Hall–Kier alpha value is -0.630. The maximum Gasteiger partial charge on any atom is 0.0978 e. The van der Waals surface area contributed by atoms with Gasteiger partial charge in [-0.05, 0) is 32.9 Å². The van der Waals surface area contributed by atoms with Crippen molar-refractivity contribution in [1.82, 2.24) is 9.80 Å². The third kappa shape index (κ3) is 2.94. The molecule has 0 aromatic rings. The van der Waals surface area contributed by atoms with Crippen molar-refractivity contribution in [2.24, 2.45) is 0 Å². The van der Waals surface area contributed by atoms with E-state index in [2.05, 4.69) is 22.9 Å². The van der Waals surface area contributed by atoms with Crippen LogP contribution in [0.15, 0.2) is 0 Å². The molecule has 2 aliphatic rings. The fourth-order valence-corrected chi connectivity index (χ4v) is 2.59. The molecule has 0 spiro atoms. The Morgan fingerprint density at radius 3 is 3.00 bits per heavy atom. The highest BCUT2D eigenvalue weighted by molar-refractivity contribution is 4.95. The van der Waals surface area contributed by atoms with Gasteiger partial charge in [0.1, 0.15) is 0 Å². The number of likely N-dealkylation sites (tertiary alicyclic amines) is 1. The molecule has 2 heterocycles. The first-order chi connectivity index (χ1) is 7.79. The van der Waals surface area contributed by atoms with Gasteiger partial charge in [-0.1, -0.05) is 0 Å². The number of ether oxygens (including phenoxy) is 1. The minimum atomic E-state index is 0.115. The molecule has 2 fully saturated rings. The molecule has 90 valence electrons. The van der Waals surface area contributed by atoms with Crippen LogP contribution < -0.4 is 0 Å². The standard InChI is InChI=1S/C12H21N3O/c1-14-6-7-16-12(9-14)10-15-5-3-2-4-11(15)8-13/h11-12H,2-7,9-10H2,1H3. The molecule has 2 rings (SSSR count). The number of nitriles is 1. The number of rotatable bonds is 2. The largest absolute Gasteiger partial charge is 0.374 e. The van der Waals surface area contributed by atoms with Gasteiger partial charge in [-0.3, -0.25) is 4.90 Å². The van der Waals surface area contributed by atoms with E-state index in [4.69, 9.17) is 10.00 Å². The van der Waals surface area contributed by atoms with E-state index in [-0.39, 0.29) is 12.1 Å². The van der Waals surface area contributed by atoms with Gasteiger partial charge < -0.3 is 9.64 Å². The van der Waals surface area contributed by atoms with Gasteiger partial charge in [0.25, 0.3) is 0 Å². The van der Waals surface area contributed by atoms with E-state index in [1.165, 1.54) is 12.8 Å². The van der Waals surface area contributed by atoms with E-state index in [0.717, 1.165) is 39.2 Å². The summed E-state index contributed by atoms with van der Waals surface area (Å²) in [4.78, 5) is 4.60. The van der Waals surface area contributed by atoms with Crippen LogP contribution in [0.1, 0.15) is 19.3 Å². The molecule has 2 unspecified atom stereocenters. The lowest BCUT2D eigenvalue weighted by atomic mass is 10.0. The van der Waals surface area contributed by atoms with Crippen LogP contribution in [0.3, 0.4) is 0 Å². The van der Waals surface area contributed by atoms with E-state index in [0.29, 0.717) is 0 Å². The SMILES string of the molecule is CN1CCOC(CN2CCCCC2C#N)C1. The highest BCUT2D eigenvalue weighted by Gasteiger charge is 2.26. The average Bonchev–Trinajstić information content (AvgIpc) is 2.30. The molecule has 16 heavy (non-hydrogen) atoms. The lowest BCUT2D eigenvalue weighted by Gasteiger charge is -2.37. The van der Waals surface area contributed by atoms with Crippen molar-refractivity contribution in [3.63, 3.8) is 0 Å². The fourth-order valence-electron chi connectivity index (χ4n) is 2.59. The Morgan fingerprint density at radius 1 is 1.38 bits per heavy atom. The van der Waals surface area contributed by atoms with Gasteiger partial charge in [-0.2, -0.15) is 5.26 Å². The van der Waals surface area contributed by atoms with E-state index in [1.54, 1.807) is 0 Å². The highest BCUT2D eigenvalue weighted by atomic mass is 16.5. The van der Waals surface area contributed by atoms with Crippen LogP contribution in [0.2, 0.25) is 0 Å². The molecular formula is C12H21N3O. The van der Waals surface area contributed by atoms with E-state index in [1.807, 2.05) is 0 Å². The minimum Gasteiger partial charge on any atom is -0.374 e. The summed E-state index contributed by atoms with van der Waals surface area (Å²) in [6.45, 7) is 4.82. The summed E-state index contributed by atoms with van der Waals surface area (Å²) in [7, 11) is 2.13. The maximum absolute atomic E-state index is 9.10. The van der Waals surface area contributed by atoms with Gasteiger partial charge >= 0.3 is 0 Å². The van der Waals surface area contributed by atoms with Crippen molar-refractivity contribution in [2.75, 3.05) is 39.8 Å². The monoisotopic (exact) mass is 223 g/mol. The number of nitrogens with zero attached hydrogens (tertiary/aromatic N) is 3. The summed E-state index contributed by atoms with van der Waals surface area (Å²) in [6.07, 6.45) is 3.73. The second kappa shape index (κ2) is 5.62. The molecule has 2 aliphatic heterocycles. The van der Waals surface area contributed by atoms with E-state index in [9.17, 15) is 0 Å². The summed E-state index contributed by atoms with van der Waals surface area (Å²) in [5.41, 5.74) is 0. The van der Waals surface area contributed by atoms with Gasteiger partial charge in [0.15, 0.2) is 0 Å². The van der Waals surface area contributed by atoms with Crippen molar-refractivity contribution in [1.29, 1.82) is 5.26 Å². The van der Waals surface area contributed by atoms with Crippen LogP contribution in [0.25, 0.3) is 0 Å². The maximum atomic E-state index is 9.10. The zero-order valence-corrected chi connectivity index (χ0v) is 10.1. The highest BCUT2D eigenvalue weighted by Crippen LogP contribution is 2.17. The van der Waals surface area contributed by atoms with Crippen LogP contribution >= 0.6 is 0 Å². The van der Waals surface area contributed by atoms with Gasteiger partial charge in [0, 0.05) is 19.6 Å².